The van der Waals surface area contributed by atoms with Crippen LogP contribution in [0.4, 0.5) is 0 Å². The molecule has 0 aromatic carbocycles. The molecule has 1 atom stereocenters. The van der Waals surface area contributed by atoms with E-state index in [0.29, 0.717) is 6.42 Å². The lowest BCUT2D eigenvalue weighted by atomic mass is 10.1. The SMILES string of the molecule is CCCC(C)N(C)C(=O)c1ccc(C#CCCO)s1. The lowest BCUT2D eigenvalue weighted by Gasteiger charge is -2.23. The van der Waals surface area contributed by atoms with Gasteiger partial charge in [-0.25, -0.2) is 0 Å². The first-order chi connectivity index (χ1) is 9.10. The monoisotopic (exact) mass is 279 g/mol. The fourth-order valence-electron chi connectivity index (χ4n) is 1.71. The summed E-state index contributed by atoms with van der Waals surface area (Å²) in [6.45, 7) is 4.26. The second-order valence-electron chi connectivity index (χ2n) is 4.49. The van der Waals surface area contributed by atoms with Gasteiger partial charge in [0.1, 0.15) is 0 Å². The number of amides is 1. The largest absolute Gasteiger partial charge is 0.395 e. The molecule has 104 valence electrons. The van der Waals surface area contributed by atoms with Crippen molar-refractivity contribution in [1.29, 1.82) is 0 Å². The second kappa shape index (κ2) is 7.98. The average molecular weight is 279 g/mol. The number of hydrogen-bond donors (Lipinski definition) is 1. The highest BCUT2D eigenvalue weighted by Gasteiger charge is 2.18. The van der Waals surface area contributed by atoms with Crippen LogP contribution in [0.3, 0.4) is 0 Å². The molecular formula is C15H21NO2S. The Morgan fingerprint density at radius 3 is 2.89 bits per heavy atom. The van der Waals surface area contributed by atoms with Crippen LogP contribution in [0.15, 0.2) is 12.1 Å². The van der Waals surface area contributed by atoms with Gasteiger partial charge in [-0.15, -0.1) is 11.3 Å². The molecule has 0 saturated carbocycles. The van der Waals surface area contributed by atoms with Crippen molar-refractivity contribution in [3.8, 4) is 11.8 Å². The second-order valence-corrected chi connectivity index (χ2v) is 5.58. The summed E-state index contributed by atoms with van der Waals surface area (Å²) in [4.78, 5) is 15.6. The molecule has 0 bridgehead atoms. The lowest BCUT2D eigenvalue weighted by Crippen LogP contribution is -2.34. The Bertz CT molecular complexity index is 470. The van der Waals surface area contributed by atoms with Crippen LogP contribution in [0.1, 0.15) is 47.7 Å². The molecule has 1 aromatic rings. The van der Waals surface area contributed by atoms with Gasteiger partial charge in [0.2, 0.25) is 0 Å². The number of carbonyl (C=O) groups excluding carboxylic acids is 1. The quantitative estimate of drug-likeness (QED) is 0.842. The molecule has 0 spiro atoms. The summed E-state index contributed by atoms with van der Waals surface area (Å²) in [5, 5.41) is 8.66. The maximum atomic E-state index is 12.3. The molecule has 4 heteroatoms. The highest BCUT2D eigenvalue weighted by molar-refractivity contribution is 7.14. The lowest BCUT2D eigenvalue weighted by molar-refractivity contribution is 0.0741. The van der Waals surface area contributed by atoms with Crippen LogP contribution in [0, 0.1) is 11.8 Å². The van der Waals surface area contributed by atoms with Gasteiger partial charge in [0.15, 0.2) is 0 Å². The zero-order valence-electron chi connectivity index (χ0n) is 11.8. The van der Waals surface area contributed by atoms with Gasteiger partial charge in [-0.1, -0.05) is 25.2 Å². The first-order valence-corrected chi connectivity index (χ1v) is 7.38. The van der Waals surface area contributed by atoms with Gasteiger partial charge in [0.05, 0.1) is 16.4 Å². The first kappa shape index (κ1) is 15.7. The standard InChI is InChI=1S/C15H21NO2S/c1-4-7-12(2)16(3)15(18)14-10-9-13(19-14)8-5-6-11-17/h9-10,12,17H,4,6-7,11H2,1-3H3. The molecule has 0 saturated heterocycles. The van der Waals surface area contributed by atoms with Crippen molar-refractivity contribution in [2.24, 2.45) is 0 Å². The average Bonchev–Trinajstić information content (AvgIpc) is 2.86. The number of aliphatic hydroxyl groups excluding tert-OH is 1. The van der Waals surface area contributed by atoms with E-state index >= 15 is 0 Å². The van der Waals surface area contributed by atoms with Gasteiger partial charge in [0, 0.05) is 19.5 Å². The third-order valence-electron chi connectivity index (χ3n) is 2.95. The zero-order chi connectivity index (χ0) is 14.3. The molecule has 0 aliphatic carbocycles. The van der Waals surface area contributed by atoms with Crippen LogP contribution < -0.4 is 0 Å². The number of aliphatic hydroxyl groups is 1. The van der Waals surface area contributed by atoms with Crippen LogP contribution in [0.2, 0.25) is 0 Å². The Kier molecular flexibility index (Phi) is 6.61. The number of rotatable bonds is 5. The summed E-state index contributed by atoms with van der Waals surface area (Å²) in [6, 6.07) is 3.94. The maximum Gasteiger partial charge on any atom is 0.263 e. The molecule has 1 aromatic heterocycles. The van der Waals surface area contributed by atoms with E-state index in [1.165, 1.54) is 11.3 Å². The van der Waals surface area contributed by atoms with E-state index in [4.69, 9.17) is 5.11 Å². The van der Waals surface area contributed by atoms with E-state index in [1.807, 2.05) is 19.2 Å². The molecule has 1 heterocycles. The number of thiophene rings is 1. The van der Waals surface area contributed by atoms with E-state index in [-0.39, 0.29) is 18.6 Å². The van der Waals surface area contributed by atoms with Gasteiger partial charge in [-0.2, -0.15) is 0 Å². The van der Waals surface area contributed by atoms with Crippen LogP contribution in [-0.2, 0) is 0 Å². The van der Waals surface area contributed by atoms with Crippen molar-refractivity contribution >= 4 is 17.2 Å². The Balaban J connectivity index is 2.71. The molecule has 1 amide bonds. The van der Waals surface area contributed by atoms with Gasteiger partial charge in [-0.05, 0) is 25.5 Å². The van der Waals surface area contributed by atoms with Crippen LogP contribution >= 0.6 is 11.3 Å². The molecule has 0 aliphatic rings. The van der Waals surface area contributed by atoms with Crippen LogP contribution in [-0.4, -0.2) is 35.6 Å². The molecule has 1 rings (SSSR count). The van der Waals surface area contributed by atoms with Crippen molar-refractivity contribution in [2.75, 3.05) is 13.7 Å². The number of nitrogens with zero attached hydrogens (tertiary/aromatic N) is 1. The molecular weight excluding hydrogens is 258 g/mol. The summed E-state index contributed by atoms with van der Waals surface area (Å²) >= 11 is 1.41. The van der Waals surface area contributed by atoms with Crippen LogP contribution in [0.25, 0.3) is 0 Å². The minimum atomic E-state index is 0.0566. The number of hydrogen-bond acceptors (Lipinski definition) is 3. The topological polar surface area (TPSA) is 40.5 Å². The van der Waals surface area contributed by atoms with Crippen molar-refractivity contribution in [2.45, 2.75) is 39.2 Å². The van der Waals surface area contributed by atoms with Gasteiger partial charge >= 0.3 is 0 Å². The minimum absolute atomic E-state index is 0.0566. The Labute approximate surface area is 119 Å². The fraction of sp³-hybridized carbons (Fsp3) is 0.533. The predicted molar refractivity (Wildman–Crippen MR) is 79.4 cm³/mol. The molecule has 3 nitrogen and oxygen atoms in total. The van der Waals surface area contributed by atoms with Gasteiger partial charge in [-0.3, -0.25) is 4.79 Å². The van der Waals surface area contributed by atoms with E-state index in [1.54, 1.807) is 4.90 Å². The Morgan fingerprint density at radius 1 is 1.53 bits per heavy atom. The van der Waals surface area contributed by atoms with E-state index < -0.39 is 0 Å². The van der Waals surface area contributed by atoms with Gasteiger partial charge < -0.3 is 10.0 Å². The summed E-state index contributed by atoms with van der Waals surface area (Å²) < 4.78 is 0. The molecule has 19 heavy (non-hydrogen) atoms. The summed E-state index contributed by atoms with van der Waals surface area (Å²) in [6.07, 6.45) is 2.55. The smallest absolute Gasteiger partial charge is 0.263 e. The fourth-order valence-corrected chi connectivity index (χ4v) is 2.57. The van der Waals surface area contributed by atoms with E-state index in [2.05, 4.69) is 25.7 Å². The third-order valence-corrected chi connectivity index (χ3v) is 3.94. The molecule has 1 N–H and O–H groups in total. The highest BCUT2D eigenvalue weighted by atomic mass is 32.1. The summed E-state index contributed by atoms with van der Waals surface area (Å²) in [7, 11) is 1.85. The first-order valence-electron chi connectivity index (χ1n) is 6.56. The normalized spacial score (nSPS) is 11.6. The van der Waals surface area contributed by atoms with E-state index in [0.717, 1.165) is 22.6 Å². The molecule has 0 aliphatic heterocycles. The molecule has 1 unspecified atom stereocenters. The van der Waals surface area contributed by atoms with Crippen molar-refractivity contribution in [1.82, 2.24) is 4.90 Å². The predicted octanol–water partition coefficient (Wildman–Crippen LogP) is 2.74. The number of carbonyl (C=O) groups is 1. The Morgan fingerprint density at radius 2 is 2.26 bits per heavy atom. The van der Waals surface area contributed by atoms with Gasteiger partial charge in [0.25, 0.3) is 5.91 Å². The zero-order valence-corrected chi connectivity index (χ0v) is 12.6. The molecule has 0 radical (unpaired) electrons. The van der Waals surface area contributed by atoms with Crippen molar-refractivity contribution in [3.05, 3.63) is 21.9 Å². The summed E-state index contributed by atoms with van der Waals surface area (Å²) in [5.74, 6) is 5.87. The molecule has 0 fully saturated rings. The third kappa shape index (κ3) is 4.70. The highest BCUT2D eigenvalue weighted by Crippen LogP contribution is 2.19. The van der Waals surface area contributed by atoms with E-state index in [9.17, 15) is 4.79 Å². The van der Waals surface area contributed by atoms with Crippen LogP contribution in [0.5, 0.6) is 0 Å². The summed E-state index contributed by atoms with van der Waals surface area (Å²) in [5.41, 5.74) is 0. The maximum absolute atomic E-state index is 12.3. The minimum Gasteiger partial charge on any atom is -0.395 e. The van der Waals surface area contributed by atoms with Crippen molar-refractivity contribution < 1.29 is 9.90 Å². The Hall–Kier alpha value is -1.31. The van der Waals surface area contributed by atoms with Crippen molar-refractivity contribution in [3.63, 3.8) is 0 Å².